The van der Waals surface area contributed by atoms with Crippen molar-refractivity contribution < 1.29 is 9.53 Å². The molecular weight excluding hydrogens is 268 g/mol. The fraction of sp³-hybridized carbons (Fsp3) is 0.733. The second-order valence-electron chi connectivity index (χ2n) is 5.49. The first-order chi connectivity index (χ1) is 10.2. The first kappa shape index (κ1) is 16.0. The van der Waals surface area contributed by atoms with Crippen LogP contribution in [0.4, 0.5) is 0 Å². The van der Waals surface area contributed by atoms with Crippen molar-refractivity contribution in [1.82, 2.24) is 14.7 Å². The van der Waals surface area contributed by atoms with E-state index in [0.29, 0.717) is 25.2 Å². The molecule has 1 saturated heterocycles. The van der Waals surface area contributed by atoms with E-state index in [-0.39, 0.29) is 12.0 Å². The minimum absolute atomic E-state index is 0.0458. The summed E-state index contributed by atoms with van der Waals surface area (Å²) in [4.78, 5) is 14.5. The summed E-state index contributed by atoms with van der Waals surface area (Å²) >= 11 is 0. The highest BCUT2D eigenvalue weighted by atomic mass is 16.5. The van der Waals surface area contributed by atoms with Gasteiger partial charge < -0.3 is 15.4 Å². The van der Waals surface area contributed by atoms with E-state index in [9.17, 15) is 4.79 Å². The molecule has 0 aliphatic carbocycles. The molecule has 118 valence electrons. The van der Waals surface area contributed by atoms with Gasteiger partial charge in [0.15, 0.2) is 0 Å². The lowest BCUT2D eigenvalue weighted by Crippen LogP contribution is -2.37. The number of rotatable bonds is 7. The number of aromatic nitrogens is 2. The number of likely N-dealkylation sites (N-methyl/N-ethyl adjacent to an activating group) is 1. The highest BCUT2D eigenvalue weighted by molar-refractivity contribution is 5.95. The van der Waals surface area contributed by atoms with Crippen LogP contribution in [-0.4, -0.2) is 52.9 Å². The highest BCUT2D eigenvalue weighted by Gasteiger charge is 2.24. The lowest BCUT2D eigenvalue weighted by Gasteiger charge is -2.23. The summed E-state index contributed by atoms with van der Waals surface area (Å²) in [5, 5.41) is 4.31. The summed E-state index contributed by atoms with van der Waals surface area (Å²) in [6, 6.07) is 0. The van der Waals surface area contributed by atoms with E-state index in [1.165, 1.54) is 0 Å². The van der Waals surface area contributed by atoms with Crippen LogP contribution in [-0.2, 0) is 11.3 Å². The quantitative estimate of drug-likeness (QED) is 0.819. The maximum absolute atomic E-state index is 12.7. The maximum Gasteiger partial charge on any atom is 0.257 e. The van der Waals surface area contributed by atoms with Crippen molar-refractivity contribution in [2.24, 2.45) is 5.73 Å². The summed E-state index contributed by atoms with van der Waals surface area (Å²) in [5.41, 5.74) is 7.13. The van der Waals surface area contributed by atoms with Gasteiger partial charge in [0.1, 0.15) is 0 Å². The van der Waals surface area contributed by atoms with Crippen molar-refractivity contribution in [3.63, 3.8) is 0 Å². The predicted octanol–water partition coefficient (Wildman–Crippen LogP) is 1.18. The van der Waals surface area contributed by atoms with Gasteiger partial charge in [0.2, 0.25) is 0 Å². The lowest BCUT2D eigenvalue weighted by atomic mass is 10.2. The van der Waals surface area contributed by atoms with E-state index in [1.807, 2.05) is 23.4 Å². The molecule has 1 aliphatic heterocycles. The molecule has 1 fully saturated rings. The van der Waals surface area contributed by atoms with Crippen LogP contribution < -0.4 is 5.73 Å². The maximum atomic E-state index is 12.7. The summed E-state index contributed by atoms with van der Waals surface area (Å²) in [5.74, 6) is 0.0458. The van der Waals surface area contributed by atoms with Crippen LogP contribution in [0.1, 0.15) is 42.2 Å². The summed E-state index contributed by atoms with van der Waals surface area (Å²) in [6.07, 6.45) is 4.85. The van der Waals surface area contributed by atoms with E-state index < -0.39 is 0 Å². The zero-order chi connectivity index (χ0) is 15.2. The van der Waals surface area contributed by atoms with Gasteiger partial charge in [0.25, 0.3) is 5.91 Å². The van der Waals surface area contributed by atoms with Crippen LogP contribution in [0.2, 0.25) is 0 Å². The number of amides is 1. The Balaban J connectivity index is 2.04. The fourth-order valence-electron chi connectivity index (χ4n) is 2.68. The van der Waals surface area contributed by atoms with Crippen molar-refractivity contribution in [3.05, 3.63) is 17.5 Å². The minimum Gasteiger partial charge on any atom is -0.376 e. The first-order valence-corrected chi connectivity index (χ1v) is 7.80. The summed E-state index contributed by atoms with van der Waals surface area (Å²) in [6.45, 7) is 7.50. The monoisotopic (exact) mass is 294 g/mol. The molecule has 1 atom stereocenters. The third-order valence-corrected chi connectivity index (χ3v) is 4.02. The average molecular weight is 294 g/mol. The van der Waals surface area contributed by atoms with Crippen LogP contribution in [0.15, 0.2) is 6.20 Å². The van der Waals surface area contributed by atoms with E-state index in [0.717, 1.165) is 38.1 Å². The number of carbonyl (C=O) groups excluding carboxylic acids is 1. The molecule has 1 aliphatic rings. The number of hydrogen-bond acceptors (Lipinski definition) is 4. The Bertz CT molecular complexity index is 466. The van der Waals surface area contributed by atoms with Crippen LogP contribution in [0.25, 0.3) is 0 Å². The van der Waals surface area contributed by atoms with Gasteiger partial charge in [-0.3, -0.25) is 9.48 Å². The first-order valence-electron chi connectivity index (χ1n) is 7.80. The molecule has 0 spiro atoms. The number of nitrogens with zero attached hydrogens (tertiary/aromatic N) is 3. The molecule has 2 heterocycles. The zero-order valence-corrected chi connectivity index (χ0v) is 13.0. The van der Waals surface area contributed by atoms with E-state index in [2.05, 4.69) is 5.10 Å². The van der Waals surface area contributed by atoms with Crippen LogP contribution >= 0.6 is 0 Å². The Kier molecular flexibility index (Phi) is 5.76. The number of carbonyl (C=O) groups is 1. The molecule has 6 nitrogen and oxygen atoms in total. The van der Waals surface area contributed by atoms with Gasteiger partial charge in [-0.1, -0.05) is 0 Å². The number of hydrogen-bond donors (Lipinski definition) is 1. The molecule has 0 radical (unpaired) electrons. The second-order valence-corrected chi connectivity index (χ2v) is 5.49. The Morgan fingerprint density at radius 1 is 1.62 bits per heavy atom. The minimum atomic E-state index is 0.0458. The molecular formula is C15H26N4O2. The van der Waals surface area contributed by atoms with Gasteiger partial charge in [0, 0.05) is 31.9 Å². The molecule has 2 N–H and O–H groups in total. The molecule has 1 aromatic rings. The van der Waals surface area contributed by atoms with Gasteiger partial charge in [-0.2, -0.15) is 5.10 Å². The third-order valence-electron chi connectivity index (χ3n) is 4.02. The molecule has 0 aromatic carbocycles. The SMILES string of the molecule is CCN(CC1CCCO1)C(=O)c1cnn(CCCN)c1C. The summed E-state index contributed by atoms with van der Waals surface area (Å²) < 4.78 is 7.49. The van der Waals surface area contributed by atoms with E-state index >= 15 is 0 Å². The highest BCUT2D eigenvalue weighted by Crippen LogP contribution is 2.16. The average Bonchev–Trinajstić information content (AvgIpc) is 3.12. The molecule has 1 unspecified atom stereocenters. The van der Waals surface area contributed by atoms with Crippen LogP contribution in [0.5, 0.6) is 0 Å². The second kappa shape index (κ2) is 7.56. The van der Waals surface area contributed by atoms with Gasteiger partial charge in [-0.05, 0) is 39.7 Å². The zero-order valence-electron chi connectivity index (χ0n) is 13.0. The fourth-order valence-corrected chi connectivity index (χ4v) is 2.68. The Morgan fingerprint density at radius 3 is 3.05 bits per heavy atom. The molecule has 21 heavy (non-hydrogen) atoms. The van der Waals surface area contributed by atoms with Gasteiger partial charge in [-0.15, -0.1) is 0 Å². The lowest BCUT2D eigenvalue weighted by molar-refractivity contribution is 0.0538. The van der Waals surface area contributed by atoms with E-state index in [4.69, 9.17) is 10.5 Å². The van der Waals surface area contributed by atoms with Gasteiger partial charge >= 0.3 is 0 Å². The van der Waals surface area contributed by atoms with Crippen molar-refractivity contribution in [2.75, 3.05) is 26.2 Å². The topological polar surface area (TPSA) is 73.4 Å². The Morgan fingerprint density at radius 2 is 2.43 bits per heavy atom. The van der Waals surface area contributed by atoms with Crippen molar-refractivity contribution in [1.29, 1.82) is 0 Å². The number of nitrogens with two attached hydrogens (primary N) is 1. The van der Waals surface area contributed by atoms with Crippen molar-refractivity contribution >= 4 is 5.91 Å². The van der Waals surface area contributed by atoms with Crippen LogP contribution in [0, 0.1) is 6.92 Å². The van der Waals surface area contributed by atoms with E-state index in [1.54, 1.807) is 6.20 Å². The molecule has 0 saturated carbocycles. The standard InChI is InChI=1S/C15H26N4O2/c1-3-18(11-13-6-4-9-21-13)15(20)14-10-17-19(12(14)2)8-5-7-16/h10,13H,3-9,11,16H2,1-2H3. The molecule has 6 heteroatoms. The number of aryl methyl sites for hydroxylation is 1. The van der Waals surface area contributed by atoms with Gasteiger partial charge in [0.05, 0.1) is 17.9 Å². The largest absolute Gasteiger partial charge is 0.376 e. The van der Waals surface area contributed by atoms with Crippen molar-refractivity contribution in [2.45, 2.75) is 45.8 Å². The molecule has 1 aromatic heterocycles. The smallest absolute Gasteiger partial charge is 0.257 e. The van der Waals surface area contributed by atoms with Gasteiger partial charge in [-0.25, -0.2) is 0 Å². The number of ether oxygens (including phenoxy) is 1. The summed E-state index contributed by atoms with van der Waals surface area (Å²) in [7, 11) is 0. The third kappa shape index (κ3) is 3.83. The molecule has 1 amide bonds. The van der Waals surface area contributed by atoms with Crippen LogP contribution in [0.3, 0.4) is 0 Å². The normalized spacial score (nSPS) is 18.1. The Labute approximate surface area is 126 Å². The molecule has 0 bridgehead atoms. The molecule has 2 rings (SSSR count). The predicted molar refractivity (Wildman–Crippen MR) is 81.2 cm³/mol. The Hall–Kier alpha value is -1.40. The van der Waals surface area contributed by atoms with Crippen molar-refractivity contribution in [3.8, 4) is 0 Å².